The maximum Gasteiger partial charge on any atom is 0.229 e. The van der Waals surface area contributed by atoms with Crippen LogP contribution in [-0.4, -0.2) is 22.1 Å². The summed E-state index contributed by atoms with van der Waals surface area (Å²) < 4.78 is 0. The van der Waals surface area contributed by atoms with Gasteiger partial charge in [-0.2, -0.15) is 0 Å². The molecule has 2 atom stereocenters. The standard InChI is InChI=1S/C11H18N4OS/c1-2-3-9-14-15-11(17-9)13-10(16)7-4-5-8(12)6-7/h7-8H,2-6,12H2,1H3,(H,13,15,16). The maximum atomic E-state index is 11.9. The highest BCUT2D eigenvalue weighted by Gasteiger charge is 2.28. The van der Waals surface area contributed by atoms with Crippen LogP contribution in [0.15, 0.2) is 0 Å². The summed E-state index contributed by atoms with van der Waals surface area (Å²) in [6.45, 7) is 2.10. The van der Waals surface area contributed by atoms with Crippen LogP contribution in [0.5, 0.6) is 0 Å². The molecule has 0 saturated heterocycles. The average molecular weight is 254 g/mol. The summed E-state index contributed by atoms with van der Waals surface area (Å²) >= 11 is 1.46. The van der Waals surface area contributed by atoms with E-state index in [2.05, 4.69) is 22.4 Å². The molecule has 2 rings (SSSR count). The molecule has 1 aromatic heterocycles. The Morgan fingerprint density at radius 3 is 3.00 bits per heavy atom. The highest BCUT2D eigenvalue weighted by atomic mass is 32.1. The van der Waals surface area contributed by atoms with Gasteiger partial charge in [-0.1, -0.05) is 18.3 Å². The minimum absolute atomic E-state index is 0.0390. The first kappa shape index (κ1) is 12.4. The van der Waals surface area contributed by atoms with Crippen molar-refractivity contribution in [2.75, 3.05) is 5.32 Å². The van der Waals surface area contributed by atoms with Crippen LogP contribution in [-0.2, 0) is 11.2 Å². The first-order valence-electron chi connectivity index (χ1n) is 6.08. The molecule has 94 valence electrons. The van der Waals surface area contributed by atoms with Crippen molar-refractivity contribution in [1.82, 2.24) is 10.2 Å². The minimum atomic E-state index is 0.0390. The average Bonchev–Trinajstić information content (AvgIpc) is 2.88. The second-order valence-corrected chi connectivity index (χ2v) is 5.57. The minimum Gasteiger partial charge on any atom is -0.328 e. The van der Waals surface area contributed by atoms with E-state index in [-0.39, 0.29) is 17.9 Å². The number of hydrogen-bond donors (Lipinski definition) is 2. The summed E-state index contributed by atoms with van der Waals surface area (Å²) in [6.07, 6.45) is 4.57. The van der Waals surface area contributed by atoms with E-state index in [1.54, 1.807) is 0 Å². The van der Waals surface area contributed by atoms with Crippen LogP contribution >= 0.6 is 11.3 Å². The van der Waals surface area contributed by atoms with Gasteiger partial charge in [0.15, 0.2) is 0 Å². The Morgan fingerprint density at radius 2 is 2.35 bits per heavy atom. The van der Waals surface area contributed by atoms with Gasteiger partial charge in [-0.05, 0) is 25.7 Å². The lowest BCUT2D eigenvalue weighted by Crippen LogP contribution is -2.23. The Morgan fingerprint density at radius 1 is 1.53 bits per heavy atom. The van der Waals surface area contributed by atoms with Crippen molar-refractivity contribution < 1.29 is 4.79 Å². The normalized spacial score (nSPS) is 23.9. The van der Waals surface area contributed by atoms with Gasteiger partial charge >= 0.3 is 0 Å². The molecule has 1 amide bonds. The fourth-order valence-corrected chi connectivity index (χ4v) is 2.93. The number of hydrogen-bond acceptors (Lipinski definition) is 5. The molecule has 2 unspecified atom stereocenters. The third-order valence-corrected chi connectivity index (χ3v) is 3.90. The van der Waals surface area contributed by atoms with Gasteiger partial charge in [-0.3, -0.25) is 4.79 Å². The number of aromatic nitrogens is 2. The van der Waals surface area contributed by atoms with Gasteiger partial charge in [0, 0.05) is 18.4 Å². The summed E-state index contributed by atoms with van der Waals surface area (Å²) in [7, 11) is 0. The van der Waals surface area contributed by atoms with Gasteiger partial charge in [0.2, 0.25) is 11.0 Å². The van der Waals surface area contributed by atoms with Crippen LogP contribution in [0.25, 0.3) is 0 Å². The molecule has 1 fully saturated rings. The molecule has 1 aromatic rings. The van der Waals surface area contributed by atoms with Crippen molar-refractivity contribution in [2.24, 2.45) is 11.7 Å². The number of rotatable bonds is 4. The van der Waals surface area contributed by atoms with Crippen molar-refractivity contribution in [1.29, 1.82) is 0 Å². The Balaban J connectivity index is 1.89. The van der Waals surface area contributed by atoms with E-state index in [0.29, 0.717) is 5.13 Å². The Hall–Kier alpha value is -1.01. The molecule has 1 saturated carbocycles. The molecule has 0 aromatic carbocycles. The smallest absolute Gasteiger partial charge is 0.229 e. The molecule has 0 aliphatic heterocycles. The molecule has 6 heteroatoms. The molecule has 3 N–H and O–H groups in total. The molecular weight excluding hydrogens is 236 g/mol. The number of aryl methyl sites for hydroxylation is 1. The summed E-state index contributed by atoms with van der Waals surface area (Å²) in [4.78, 5) is 11.9. The van der Waals surface area contributed by atoms with Crippen LogP contribution in [0.1, 0.15) is 37.6 Å². The van der Waals surface area contributed by atoms with E-state index in [0.717, 1.165) is 37.1 Å². The summed E-state index contributed by atoms with van der Waals surface area (Å²) in [6, 6.07) is 0.177. The Labute approximate surface area is 105 Å². The highest BCUT2D eigenvalue weighted by Crippen LogP contribution is 2.26. The van der Waals surface area contributed by atoms with Gasteiger partial charge in [0.1, 0.15) is 5.01 Å². The van der Waals surface area contributed by atoms with Crippen LogP contribution < -0.4 is 11.1 Å². The fourth-order valence-electron chi connectivity index (χ4n) is 2.08. The molecule has 1 heterocycles. The number of amides is 1. The predicted molar refractivity (Wildman–Crippen MR) is 67.9 cm³/mol. The largest absolute Gasteiger partial charge is 0.328 e. The summed E-state index contributed by atoms with van der Waals surface area (Å²) in [5, 5.41) is 12.4. The van der Waals surface area contributed by atoms with Crippen LogP contribution in [0.3, 0.4) is 0 Å². The van der Waals surface area contributed by atoms with E-state index in [1.807, 2.05) is 0 Å². The lowest BCUT2D eigenvalue weighted by atomic mass is 10.1. The second-order valence-electron chi connectivity index (χ2n) is 4.51. The van der Waals surface area contributed by atoms with E-state index >= 15 is 0 Å². The molecule has 1 aliphatic carbocycles. The second kappa shape index (κ2) is 5.55. The van der Waals surface area contributed by atoms with Crippen LogP contribution in [0.2, 0.25) is 0 Å². The highest BCUT2D eigenvalue weighted by molar-refractivity contribution is 7.15. The lowest BCUT2D eigenvalue weighted by molar-refractivity contribution is -0.119. The van der Waals surface area contributed by atoms with Crippen molar-refractivity contribution in [2.45, 2.75) is 45.1 Å². The van der Waals surface area contributed by atoms with E-state index in [9.17, 15) is 4.79 Å². The van der Waals surface area contributed by atoms with Crippen molar-refractivity contribution in [3.63, 3.8) is 0 Å². The monoisotopic (exact) mass is 254 g/mol. The molecule has 0 radical (unpaired) electrons. The van der Waals surface area contributed by atoms with E-state index in [1.165, 1.54) is 11.3 Å². The zero-order valence-electron chi connectivity index (χ0n) is 9.98. The number of carbonyl (C=O) groups is 1. The van der Waals surface area contributed by atoms with E-state index < -0.39 is 0 Å². The van der Waals surface area contributed by atoms with Crippen molar-refractivity contribution in [3.05, 3.63) is 5.01 Å². The van der Waals surface area contributed by atoms with Gasteiger partial charge in [-0.25, -0.2) is 0 Å². The molecule has 1 aliphatic rings. The van der Waals surface area contributed by atoms with Crippen LogP contribution in [0, 0.1) is 5.92 Å². The molecule has 0 bridgehead atoms. The fraction of sp³-hybridized carbons (Fsp3) is 0.727. The topological polar surface area (TPSA) is 80.9 Å². The van der Waals surface area contributed by atoms with Crippen molar-refractivity contribution in [3.8, 4) is 0 Å². The maximum absolute atomic E-state index is 11.9. The zero-order chi connectivity index (χ0) is 12.3. The SMILES string of the molecule is CCCc1nnc(NC(=O)C2CCC(N)C2)s1. The Kier molecular flexibility index (Phi) is 4.06. The molecule has 0 spiro atoms. The quantitative estimate of drug-likeness (QED) is 0.854. The Bertz CT molecular complexity index is 393. The lowest BCUT2D eigenvalue weighted by Gasteiger charge is -2.07. The third-order valence-electron chi connectivity index (χ3n) is 3.00. The molecule has 5 nitrogen and oxygen atoms in total. The first-order valence-corrected chi connectivity index (χ1v) is 6.89. The summed E-state index contributed by atoms with van der Waals surface area (Å²) in [5.74, 6) is 0.0840. The third kappa shape index (κ3) is 3.23. The summed E-state index contributed by atoms with van der Waals surface area (Å²) in [5.41, 5.74) is 5.79. The van der Waals surface area contributed by atoms with Gasteiger partial charge in [-0.15, -0.1) is 10.2 Å². The van der Waals surface area contributed by atoms with Crippen LogP contribution in [0.4, 0.5) is 5.13 Å². The zero-order valence-corrected chi connectivity index (χ0v) is 10.8. The van der Waals surface area contributed by atoms with E-state index in [4.69, 9.17) is 5.73 Å². The number of nitrogens with zero attached hydrogens (tertiary/aromatic N) is 2. The number of anilines is 1. The first-order chi connectivity index (χ1) is 8.19. The van der Waals surface area contributed by atoms with Gasteiger partial charge < -0.3 is 11.1 Å². The molecular formula is C11H18N4OS. The number of nitrogens with two attached hydrogens (primary N) is 1. The predicted octanol–water partition coefficient (Wildman–Crippen LogP) is 1.56. The number of nitrogens with one attached hydrogen (secondary N) is 1. The van der Waals surface area contributed by atoms with Gasteiger partial charge in [0.05, 0.1) is 0 Å². The number of carbonyl (C=O) groups excluding carboxylic acids is 1. The molecule has 17 heavy (non-hydrogen) atoms. The van der Waals surface area contributed by atoms with Crippen molar-refractivity contribution >= 4 is 22.4 Å². The van der Waals surface area contributed by atoms with Gasteiger partial charge in [0.25, 0.3) is 0 Å².